The number of anilines is 1. The van der Waals surface area contributed by atoms with Crippen LogP contribution in [0.4, 0.5) is 10.8 Å². The number of thiazole rings is 1. The molecule has 2 aromatic rings. The van der Waals surface area contributed by atoms with Gasteiger partial charge in [0.25, 0.3) is 0 Å². The maximum absolute atomic E-state index is 5.76. The summed E-state index contributed by atoms with van der Waals surface area (Å²) in [4.78, 5) is 8.14. The van der Waals surface area contributed by atoms with Crippen molar-refractivity contribution in [3.8, 4) is 0 Å². The first-order valence-corrected chi connectivity index (χ1v) is 5.54. The zero-order valence-electron chi connectivity index (χ0n) is 7.72. The zero-order valence-corrected chi connectivity index (χ0v) is 9.29. The van der Waals surface area contributed by atoms with E-state index in [1.807, 2.05) is 29.6 Å². The molecule has 1 aromatic carbocycles. The lowest BCUT2D eigenvalue weighted by Crippen LogP contribution is -1.93. The van der Waals surface area contributed by atoms with Crippen LogP contribution in [-0.4, -0.2) is 11.3 Å². The first-order chi connectivity index (χ1) is 7.34. The summed E-state index contributed by atoms with van der Waals surface area (Å²) in [7, 11) is 0. The number of nitrogens with one attached hydrogen (secondary N) is 1. The molecule has 0 unspecified atom stereocenters. The predicted molar refractivity (Wildman–Crippen MR) is 65.3 cm³/mol. The number of aromatic nitrogens is 1. The molecule has 1 aromatic heterocycles. The monoisotopic (exact) mass is 237 g/mol. The first kappa shape index (κ1) is 10.1. The SMILES string of the molecule is Clc1ccc(N/C=N/c2nccs2)cc1. The van der Waals surface area contributed by atoms with Gasteiger partial charge in [0.15, 0.2) is 0 Å². The molecule has 0 spiro atoms. The molecule has 1 heterocycles. The molecule has 0 bridgehead atoms. The Labute approximate surface area is 96.5 Å². The van der Waals surface area contributed by atoms with Crippen LogP contribution in [0.2, 0.25) is 5.02 Å². The number of rotatable bonds is 3. The number of hydrogen-bond acceptors (Lipinski definition) is 3. The third-order valence-electron chi connectivity index (χ3n) is 1.67. The highest BCUT2D eigenvalue weighted by molar-refractivity contribution is 7.13. The van der Waals surface area contributed by atoms with Crippen LogP contribution in [0.25, 0.3) is 0 Å². The Morgan fingerprint density at radius 1 is 1.33 bits per heavy atom. The normalized spacial score (nSPS) is 10.7. The van der Waals surface area contributed by atoms with E-state index in [1.54, 1.807) is 12.5 Å². The minimum atomic E-state index is 0.720. The van der Waals surface area contributed by atoms with Crippen molar-refractivity contribution in [2.24, 2.45) is 4.99 Å². The molecule has 0 fully saturated rings. The van der Waals surface area contributed by atoms with Crippen LogP contribution >= 0.6 is 22.9 Å². The Bertz CT molecular complexity index is 436. The summed E-state index contributed by atoms with van der Waals surface area (Å²) in [5.41, 5.74) is 0.944. The Morgan fingerprint density at radius 3 is 2.80 bits per heavy atom. The molecular formula is C10H8ClN3S. The third-order valence-corrected chi connectivity index (χ3v) is 2.60. The lowest BCUT2D eigenvalue weighted by atomic mass is 10.3. The van der Waals surface area contributed by atoms with Gasteiger partial charge in [0.2, 0.25) is 5.13 Å². The fraction of sp³-hybridized carbons (Fsp3) is 0. The van der Waals surface area contributed by atoms with E-state index in [2.05, 4.69) is 15.3 Å². The quantitative estimate of drug-likeness (QED) is 0.655. The largest absolute Gasteiger partial charge is 0.346 e. The molecule has 0 aliphatic heterocycles. The van der Waals surface area contributed by atoms with Gasteiger partial charge in [-0.15, -0.1) is 11.3 Å². The van der Waals surface area contributed by atoms with Gasteiger partial charge in [0.05, 0.1) is 6.34 Å². The van der Waals surface area contributed by atoms with E-state index in [0.717, 1.165) is 15.8 Å². The Balaban J connectivity index is 1.96. The standard InChI is InChI=1S/C10H8ClN3S/c11-8-1-3-9(4-2-8)13-7-14-10-12-5-6-15-10/h1-7H,(H,12,13,14). The van der Waals surface area contributed by atoms with Crippen molar-refractivity contribution in [2.75, 3.05) is 5.32 Å². The van der Waals surface area contributed by atoms with E-state index >= 15 is 0 Å². The fourth-order valence-corrected chi connectivity index (χ4v) is 1.59. The number of halogens is 1. The molecule has 0 atom stereocenters. The first-order valence-electron chi connectivity index (χ1n) is 4.29. The van der Waals surface area contributed by atoms with Crippen molar-refractivity contribution >= 4 is 40.1 Å². The van der Waals surface area contributed by atoms with Gasteiger partial charge in [0.1, 0.15) is 0 Å². The average Bonchev–Trinajstić information content (AvgIpc) is 2.74. The van der Waals surface area contributed by atoms with Crippen molar-refractivity contribution in [3.63, 3.8) is 0 Å². The van der Waals surface area contributed by atoms with E-state index in [9.17, 15) is 0 Å². The molecule has 0 saturated heterocycles. The second kappa shape index (κ2) is 4.91. The molecular weight excluding hydrogens is 230 g/mol. The van der Waals surface area contributed by atoms with Crippen LogP contribution in [-0.2, 0) is 0 Å². The number of aliphatic imine (C=N–C) groups is 1. The number of nitrogens with zero attached hydrogens (tertiary/aromatic N) is 2. The molecule has 76 valence electrons. The molecule has 1 N–H and O–H groups in total. The summed E-state index contributed by atoms with van der Waals surface area (Å²) in [5, 5.41) is 6.36. The second-order valence-electron chi connectivity index (χ2n) is 2.72. The Hall–Kier alpha value is -1.39. The topological polar surface area (TPSA) is 37.3 Å². The minimum absolute atomic E-state index is 0.720. The van der Waals surface area contributed by atoms with E-state index in [1.165, 1.54) is 11.3 Å². The van der Waals surface area contributed by atoms with Gasteiger partial charge >= 0.3 is 0 Å². The summed E-state index contributed by atoms with van der Waals surface area (Å²) >= 11 is 7.25. The summed E-state index contributed by atoms with van der Waals surface area (Å²) in [5.74, 6) is 0. The highest BCUT2D eigenvalue weighted by atomic mass is 35.5. The fourth-order valence-electron chi connectivity index (χ4n) is 0.988. The van der Waals surface area contributed by atoms with Crippen LogP contribution < -0.4 is 5.32 Å². The van der Waals surface area contributed by atoms with Gasteiger partial charge in [-0.2, -0.15) is 0 Å². The van der Waals surface area contributed by atoms with Crippen LogP contribution in [0.15, 0.2) is 40.8 Å². The van der Waals surface area contributed by atoms with Crippen molar-refractivity contribution in [2.45, 2.75) is 0 Å². The summed E-state index contributed by atoms with van der Waals surface area (Å²) in [6.45, 7) is 0. The van der Waals surface area contributed by atoms with Gasteiger partial charge in [-0.1, -0.05) is 11.6 Å². The minimum Gasteiger partial charge on any atom is -0.346 e. The van der Waals surface area contributed by atoms with Gasteiger partial charge in [-0.25, -0.2) is 9.98 Å². The van der Waals surface area contributed by atoms with Crippen molar-refractivity contribution in [1.29, 1.82) is 0 Å². The second-order valence-corrected chi connectivity index (χ2v) is 4.03. The Morgan fingerprint density at radius 2 is 2.13 bits per heavy atom. The molecule has 0 saturated carbocycles. The molecule has 0 radical (unpaired) electrons. The maximum Gasteiger partial charge on any atom is 0.210 e. The van der Waals surface area contributed by atoms with E-state index < -0.39 is 0 Å². The third kappa shape index (κ3) is 3.04. The molecule has 0 aliphatic rings. The summed E-state index contributed by atoms with van der Waals surface area (Å²) in [6, 6.07) is 7.41. The van der Waals surface area contributed by atoms with Gasteiger partial charge in [-0.3, -0.25) is 0 Å². The summed E-state index contributed by atoms with van der Waals surface area (Å²) in [6.07, 6.45) is 3.34. The van der Waals surface area contributed by atoms with Crippen molar-refractivity contribution in [1.82, 2.24) is 4.98 Å². The van der Waals surface area contributed by atoms with E-state index in [-0.39, 0.29) is 0 Å². The van der Waals surface area contributed by atoms with Gasteiger partial charge in [0, 0.05) is 22.3 Å². The van der Waals surface area contributed by atoms with Crippen LogP contribution in [0, 0.1) is 0 Å². The zero-order chi connectivity index (χ0) is 10.5. The smallest absolute Gasteiger partial charge is 0.210 e. The molecule has 0 amide bonds. The lowest BCUT2D eigenvalue weighted by Gasteiger charge is -1.98. The molecule has 5 heteroatoms. The Kier molecular flexibility index (Phi) is 3.32. The average molecular weight is 238 g/mol. The van der Waals surface area contributed by atoms with Crippen molar-refractivity contribution < 1.29 is 0 Å². The number of hydrogen-bond donors (Lipinski definition) is 1. The van der Waals surface area contributed by atoms with Crippen molar-refractivity contribution in [3.05, 3.63) is 40.9 Å². The van der Waals surface area contributed by atoms with Gasteiger partial charge in [-0.05, 0) is 24.3 Å². The van der Waals surface area contributed by atoms with E-state index in [4.69, 9.17) is 11.6 Å². The predicted octanol–water partition coefficient (Wildman–Crippen LogP) is 3.57. The molecule has 3 nitrogen and oxygen atoms in total. The molecule has 0 aliphatic carbocycles. The molecule has 2 rings (SSSR count). The lowest BCUT2D eigenvalue weighted by molar-refractivity contribution is 1.36. The molecule has 15 heavy (non-hydrogen) atoms. The summed E-state index contributed by atoms with van der Waals surface area (Å²) < 4.78 is 0. The highest BCUT2D eigenvalue weighted by Gasteiger charge is 1.90. The van der Waals surface area contributed by atoms with E-state index in [0.29, 0.717) is 0 Å². The van der Waals surface area contributed by atoms with Crippen LogP contribution in [0.1, 0.15) is 0 Å². The maximum atomic E-state index is 5.76. The van der Waals surface area contributed by atoms with Crippen LogP contribution in [0.5, 0.6) is 0 Å². The number of benzene rings is 1. The highest BCUT2D eigenvalue weighted by Crippen LogP contribution is 2.15. The van der Waals surface area contributed by atoms with Gasteiger partial charge < -0.3 is 5.32 Å². The van der Waals surface area contributed by atoms with Crippen LogP contribution in [0.3, 0.4) is 0 Å².